The molecular weight excluding hydrogens is 340 g/mol. The van der Waals surface area contributed by atoms with Gasteiger partial charge in [-0.3, -0.25) is 0 Å². The van der Waals surface area contributed by atoms with Gasteiger partial charge in [0.2, 0.25) is 25.0 Å². The van der Waals surface area contributed by atoms with Crippen LogP contribution in [-0.4, -0.2) is 32.1 Å². The predicted molar refractivity (Wildman–Crippen MR) is 106 cm³/mol. The topological polar surface area (TPSA) is 36.9 Å². The summed E-state index contributed by atoms with van der Waals surface area (Å²) in [6.45, 7) is 27.0. The van der Waals surface area contributed by atoms with Crippen LogP contribution in [0.4, 0.5) is 0 Å². The average Bonchev–Trinajstić information content (AvgIpc) is 2.20. The van der Waals surface area contributed by atoms with E-state index in [4.69, 9.17) is 18.0 Å². The Kier molecular flexibility index (Phi) is 7.45. The minimum Gasteiger partial charge on any atom is -0.544 e. The third kappa shape index (κ3) is 9.73. The van der Waals surface area contributed by atoms with Crippen LogP contribution in [0, 0.1) is 0 Å². The summed E-state index contributed by atoms with van der Waals surface area (Å²) < 4.78 is 23.7. The van der Waals surface area contributed by atoms with Crippen molar-refractivity contribution in [2.24, 2.45) is 0 Å². The van der Waals surface area contributed by atoms with E-state index in [1.165, 1.54) is 0 Å². The molecule has 0 bridgehead atoms. The molecule has 0 aromatic heterocycles. The molecule has 0 atom stereocenters. The molecule has 0 radical (unpaired) electrons. The summed E-state index contributed by atoms with van der Waals surface area (Å²) in [5, 5.41) is 0. The van der Waals surface area contributed by atoms with Crippen molar-refractivity contribution >= 4 is 25.0 Å². The molecule has 0 spiro atoms. The zero-order chi connectivity index (χ0) is 18.6. The van der Waals surface area contributed by atoms with Gasteiger partial charge < -0.3 is 18.0 Å². The first-order chi connectivity index (χ1) is 10.1. The monoisotopic (exact) mass is 374 g/mol. The fourth-order valence-corrected chi connectivity index (χ4v) is 4.12. The highest BCUT2D eigenvalue weighted by atomic mass is 28.4. The SMILES string of the molecule is C=C(O[Si](C)(C)C)C(C(=C)O[Si](C)(C)C)=C(OC)O[Si](C)(C)C. The zero-order valence-electron chi connectivity index (χ0n) is 16.5. The van der Waals surface area contributed by atoms with E-state index in [0.29, 0.717) is 23.0 Å². The molecule has 0 saturated heterocycles. The van der Waals surface area contributed by atoms with Gasteiger partial charge in [-0.05, 0) is 58.9 Å². The molecule has 0 rings (SSSR count). The summed E-state index contributed by atoms with van der Waals surface area (Å²) >= 11 is 0. The molecule has 134 valence electrons. The molecule has 0 heterocycles. The van der Waals surface area contributed by atoms with Gasteiger partial charge in [0.25, 0.3) is 5.95 Å². The van der Waals surface area contributed by atoms with Crippen molar-refractivity contribution in [2.75, 3.05) is 7.11 Å². The molecule has 0 aliphatic carbocycles. The van der Waals surface area contributed by atoms with Crippen LogP contribution in [0.2, 0.25) is 58.9 Å². The molecule has 0 saturated carbocycles. The van der Waals surface area contributed by atoms with Crippen molar-refractivity contribution in [3.05, 3.63) is 36.2 Å². The molecule has 0 aromatic rings. The Morgan fingerprint density at radius 3 is 1.13 bits per heavy atom. The van der Waals surface area contributed by atoms with Crippen LogP contribution >= 0.6 is 0 Å². The number of rotatable bonds is 9. The Hall–Kier alpha value is -0.929. The Bertz CT molecular complexity index is 447. The van der Waals surface area contributed by atoms with Gasteiger partial charge >= 0.3 is 0 Å². The highest BCUT2D eigenvalue weighted by Crippen LogP contribution is 2.30. The van der Waals surface area contributed by atoms with E-state index in [1.807, 2.05) is 0 Å². The zero-order valence-corrected chi connectivity index (χ0v) is 19.5. The number of hydrogen-bond acceptors (Lipinski definition) is 4. The second-order valence-electron chi connectivity index (χ2n) is 8.36. The Morgan fingerprint density at radius 1 is 0.609 bits per heavy atom. The summed E-state index contributed by atoms with van der Waals surface area (Å²) in [6, 6.07) is 0. The highest BCUT2D eigenvalue weighted by molar-refractivity contribution is 6.70. The maximum atomic E-state index is 6.07. The number of methoxy groups -OCH3 is 1. The van der Waals surface area contributed by atoms with E-state index >= 15 is 0 Å². The molecule has 7 heteroatoms. The first-order valence-corrected chi connectivity index (χ1v) is 18.0. The van der Waals surface area contributed by atoms with Crippen molar-refractivity contribution in [2.45, 2.75) is 58.9 Å². The molecule has 0 unspecified atom stereocenters. The van der Waals surface area contributed by atoms with Gasteiger partial charge in [0.15, 0.2) is 0 Å². The number of ether oxygens (including phenoxy) is 1. The molecule has 0 aliphatic rings. The third-order valence-electron chi connectivity index (χ3n) is 2.20. The Labute approximate surface area is 145 Å². The van der Waals surface area contributed by atoms with Gasteiger partial charge in [-0.1, -0.05) is 13.2 Å². The van der Waals surface area contributed by atoms with E-state index < -0.39 is 25.0 Å². The van der Waals surface area contributed by atoms with Crippen LogP contribution in [0.25, 0.3) is 0 Å². The lowest BCUT2D eigenvalue weighted by atomic mass is 10.2. The van der Waals surface area contributed by atoms with Gasteiger partial charge in [0.1, 0.15) is 17.1 Å². The number of hydrogen-bond donors (Lipinski definition) is 0. The smallest absolute Gasteiger partial charge is 0.280 e. The van der Waals surface area contributed by atoms with E-state index in [-0.39, 0.29) is 0 Å². The lowest BCUT2D eigenvalue weighted by Crippen LogP contribution is -2.30. The molecule has 0 N–H and O–H groups in total. The van der Waals surface area contributed by atoms with Crippen molar-refractivity contribution in [1.82, 2.24) is 0 Å². The standard InChI is InChI=1S/C16H34O4Si3/c1-13(18-21(4,5)6)15(14(2)19-22(7,8)9)16(17-3)20-23(10,11)12/h1-2H2,3-12H3. The molecule has 0 aliphatic heterocycles. The summed E-state index contributed by atoms with van der Waals surface area (Å²) in [6.07, 6.45) is 0. The largest absolute Gasteiger partial charge is 0.544 e. The molecular formula is C16H34O4Si3. The summed E-state index contributed by atoms with van der Waals surface area (Å²) in [7, 11) is -3.93. The molecule has 0 amide bonds. The highest BCUT2D eigenvalue weighted by Gasteiger charge is 2.29. The van der Waals surface area contributed by atoms with Crippen molar-refractivity contribution in [3.8, 4) is 0 Å². The van der Waals surface area contributed by atoms with Gasteiger partial charge in [-0.2, -0.15) is 0 Å². The Balaban J connectivity index is 5.86. The minimum atomic E-state index is -1.87. The van der Waals surface area contributed by atoms with Gasteiger partial charge in [0, 0.05) is 0 Å². The molecule has 23 heavy (non-hydrogen) atoms. The fourth-order valence-electron chi connectivity index (χ4n) is 1.70. The van der Waals surface area contributed by atoms with Gasteiger partial charge in [-0.25, -0.2) is 0 Å². The summed E-state index contributed by atoms with van der Waals surface area (Å²) in [5.74, 6) is 1.39. The fraction of sp³-hybridized carbons (Fsp3) is 0.625. The molecule has 4 nitrogen and oxygen atoms in total. The first-order valence-electron chi connectivity index (χ1n) is 7.79. The quantitative estimate of drug-likeness (QED) is 0.306. The van der Waals surface area contributed by atoms with E-state index in [0.717, 1.165) is 0 Å². The van der Waals surface area contributed by atoms with Crippen LogP contribution in [0.3, 0.4) is 0 Å². The first kappa shape index (κ1) is 22.1. The van der Waals surface area contributed by atoms with Gasteiger partial charge in [0.05, 0.1) is 7.11 Å². The maximum absolute atomic E-state index is 6.07. The average molecular weight is 375 g/mol. The normalized spacial score (nSPS) is 12.3. The minimum absolute atomic E-state index is 0.385. The van der Waals surface area contributed by atoms with E-state index in [1.54, 1.807) is 7.11 Å². The van der Waals surface area contributed by atoms with Crippen LogP contribution in [0.5, 0.6) is 0 Å². The molecule has 0 fully saturated rings. The van der Waals surface area contributed by atoms with Crippen molar-refractivity contribution in [3.63, 3.8) is 0 Å². The second kappa shape index (κ2) is 7.76. The van der Waals surface area contributed by atoms with E-state index in [2.05, 4.69) is 72.1 Å². The lowest BCUT2D eigenvalue weighted by Gasteiger charge is -2.29. The van der Waals surface area contributed by atoms with Gasteiger partial charge in [-0.15, -0.1) is 0 Å². The Morgan fingerprint density at radius 2 is 0.913 bits per heavy atom. The summed E-state index contributed by atoms with van der Waals surface area (Å²) in [4.78, 5) is 0. The summed E-state index contributed by atoms with van der Waals surface area (Å²) in [5.41, 5.74) is 0.597. The van der Waals surface area contributed by atoms with Crippen LogP contribution in [0.1, 0.15) is 0 Å². The lowest BCUT2D eigenvalue weighted by molar-refractivity contribution is 0.139. The van der Waals surface area contributed by atoms with Crippen LogP contribution < -0.4 is 0 Å². The van der Waals surface area contributed by atoms with Crippen molar-refractivity contribution < 1.29 is 18.0 Å². The maximum Gasteiger partial charge on any atom is 0.280 e. The van der Waals surface area contributed by atoms with Crippen LogP contribution in [-0.2, 0) is 18.0 Å². The van der Waals surface area contributed by atoms with E-state index in [9.17, 15) is 0 Å². The van der Waals surface area contributed by atoms with Crippen LogP contribution in [0.15, 0.2) is 36.2 Å². The van der Waals surface area contributed by atoms with Crippen molar-refractivity contribution in [1.29, 1.82) is 0 Å². The third-order valence-corrected chi connectivity index (χ3v) is 4.72. The predicted octanol–water partition coefficient (Wildman–Crippen LogP) is 5.43. The second-order valence-corrected chi connectivity index (χ2v) is 21.6. The molecule has 0 aromatic carbocycles.